The summed E-state index contributed by atoms with van der Waals surface area (Å²) in [6, 6.07) is 8.25. The summed E-state index contributed by atoms with van der Waals surface area (Å²) in [7, 11) is 1.82. The lowest BCUT2D eigenvalue weighted by atomic mass is 10.1. The van der Waals surface area contributed by atoms with Crippen LogP contribution in [0.4, 0.5) is 4.39 Å². The molecule has 7 nitrogen and oxygen atoms in total. The Morgan fingerprint density at radius 2 is 2.04 bits per heavy atom. The van der Waals surface area contributed by atoms with Gasteiger partial charge in [0.25, 0.3) is 0 Å². The lowest BCUT2D eigenvalue weighted by molar-refractivity contribution is -0.0342. The molecule has 0 N–H and O–H groups in total. The van der Waals surface area contributed by atoms with Crippen molar-refractivity contribution in [1.29, 1.82) is 0 Å². The van der Waals surface area contributed by atoms with E-state index in [1.54, 1.807) is 33.9 Å². The predicted molar refractivity (Wildman–Crippen MR) is 91.2 cm³/mol. The van der Waals surface area contributed by atoms with E-state index in [1.807, 2.05) is 19.3 Å². The fourth-order valence-corrected chi connectivity index (χ4v) is 2.88. The minimum absolute atomic E-state index is 0.150. The van der Waals surface area contributed by atoms with Crippen molar-refractivity contribution in [3.63, 3.8) is 0 Å². The Balaban J connectivity index is 1.28. The highest BCUT2D eigenvalue weighted by molar-refractivity contribution is 5.87. The van der Waals surface area contributed by atoms with Crippen LogP contribution < -0.4 is 0 Å². The first-order valence-corrected chi connectivity index (χ1v) is 8.28. The maximum atomic E-state index is 12.9. The van der Waals surface area contributed by atoms with Crippen LogP contribution in [0, 0.1) is 5.82 Å². The number of carbonyl (C=O) groups is 1. The molecular weight excluding hydrogens is 337 g/mol. The fraction of sp³-hybridized carbons (Fsp3) is 0.278. The van der Waals surface area contributed by atoms with Crippen molar-refractivity contribution in [2.75, 3.05) is 13.1 Å². The molecule has 1 aliphatic rings. The van der Waals surface area contributed by atoms with Gasteiger partial charge in [-0.2, -0.15) is 5.10 Å². The summed E-state index contributed by atoms with van der Waals surface area (Å²) in [5.41, 5.74) is 1.29. The maximum absolute atomic E-state index is 12.9. The largest absolute Gasteiger partial charge is 0.455 e. The monoisotopic (exact) mass is 355 g/mol. The fourth-order valence-electron chi connectivity index (χ4n) is 2.88. The van der Waals surface area contributed by atoms with Crippen molar-refractivity contribution in [3.8, 4) is 5.82 Å². The van der Waals surface area contributed by atoms with Gasteiger partial charge in [0.2, 0.25) is 0 Å². The molecule has 0 amide bonds. The van der Waals surface area contributed by atoms with Crippen LogP contribution in [0.15, 0.2) is 49.1 Å². The Hall–Kier alpha value is -3.00. The second-order valence-electron chi connectivity index (χ2n) is 6.36. The van der Waals surface area contributed by atoms with E-state index in [-0.39, 0.29) is 17.6 Å². The highest BCUT2D eigenvalue weighted by Crippen LogP contribution is 2.17. The molecule has 1 aromatic carbocycles. The van der Waals surface area contributed by atoms with Gasteiger partial charge < -0.3 is 4.74 Å². The summed E-state index contributed by atoms with van der Waals surface area (Å²) in [5.74, 6) is 0.00795. The minimum atomic E-state index is -0.439. The first-order valence-electron chi connectivity index (χ1n) is 8.28. The third-order valence-corrected chi connectivity index (χ3v) is 4.27. The summed E-state index contributed by atoms with van der Waals surface area (Å²) in [4.78, 5) is 18.5. The van der Waals surface area contributed by atoms with Gasteiger partial charge in [-0.3, -0.25) is 14.1 Å². The molecule has 26 heavy (non-hydrogen) atoms. The quantitative estimate of drug-likeness (QED) is 0.653. The van der Waals surface area contributed by atoms with Gasteiger partial charge in [0, 0.05) is 45.1 Å². The van der Waals surface area contributed by atoms with Crippen molar-refractivity contribution >= 4 is 5.97 Å². The molecule has 0 atom stereocenters. The number of nitrogens with zero attached hydrogens (tertiary/aromatic N) is 5. The molecule has 0 saturated carbocycles. The number of ether oxygens (including phenoxy) is 1. The highest BCUT2D eigenvalue weighted by atomic mass is 19.1. The van der Waals surface area contributed by atoms with Crippen LogP contribution in [0.5, 0.6) is 0 Å². The van der Waals surface area contributed by atoms with Crippen molar-refractivity contribution in [3.05, 3.63) is 66.1 Å². The average Bonchev–Trinajstić information content (AvgIpc) is 3.23. The van der Waals surface area contributed by atoms with Gasteiger partial charge in [0.15, 0.2) is 11.5 Å². The van der Waals surface area contributed by atoms with Gasteiger partial charge in [-0.1, -0.05) is 12.1 Å². The van der Waals surface area contributed by atoms with E-state index in [0.29, 0.717) is 25.5 Å². The van der Waals surface area contributed by atoms with Crippen molar-refractivity contribution < 1.29 is 13.9 Å². The lowest BCUT2D eigenvalue weighted by Crippen LogP contribution is -2.52. The molecule has 0 spiro atoms. The van der Waals surface area contributed by atoms with Gasteiger partial charge in [-0.25, -0.2) is 14.2 Å². The number of esters is 1. The van der Waals surface area contributed by atoms with E-state index in [0.717, 1.165) is 5.56 Å². The van der Waals surface area contributed by atoms with Crippen LogP contribution >= 0.6 is 0 Å². The van der Waals surface area contributed by atoms with Crippen LogP contribution in [0.3, 0.4) is 0 Å². The Labute approximate surface area is 149 Å². The summed E-state index contributed by atoms with van der Waals surface area (Å²) < 4.78 is 21.7. The van der Waals surface area contributed by atoms with Gasteiger partial charge in [0.1, 0.15) is 18.2 Å². The SMILES string of the molecule is Cn1ccc(-n2cnc(C(=O)OC3CN(Cc4ccc(F)cc4)C3)c2)n1. The number of carbonyl (C=O) groups excluding carboxylic acids is 1. The van der Waals surface area contributed by atoms with E-state index in [2.05, 4.69) is 15.0 Å². The van der Waals surface area contributed by atoms with Crippen LogP contribution in [0.1, 0.15) is 16.1 Å². The summed E-state index contributed by atoms with van der Waals surface area (Å²) >= 11 is 0. The van der Waals surface area contributed by atoms with E-state index in [1.165, 1.54) is 12.1 Å². The second-order valence-corrected chi connectivity index (χ2v) is 6.36. The van der Waals surface area contributed by atoms with Gasteiger partial charge in [0.05, 0.1) is 0 Å². The lowest BCUT2D eigenvalue weighted by Gasteiger charge is -2.38. The molecule has 4 rings (SSSR count). The van der Waals surface area contributed by atoms with Crippen LogP contribution in [-0.2, 0) is 18.3 Å². The Kier molecular flexibility index (Phi) is 4.26. The molecule has 0 aliphatic carbocycles. The van der Waals surface area contributed by atoms with E-state index in [4.69, 9.17) is 4.74 Å². The summed E-state index contributed by atoms with van der Waals surface area (Å²) in [6.07, 6.45) is 4.82. The van der Waals surface area contributed by atoms with E-state index < -0.39 is 5.97 Å². The smallest absolute Gasteiger partial charge is 0.358 e. The van der Waals surface area contributed by atoms with Gasteiger partial charge in [-0.15, -0.1) is 0 Å². The number of benzene rings is 1. The first kappa shape index (κ1) is 16.5. The predicted octanol–water partition coefficient (Wildman–Crippen LogP) is 1.79. The number of aryl methyl sites for hydroxylation is 1. The number of likely N-dealkylation sites (tertiary alicyclic amines) is 1. The first-order chi connectivity index (χ1) is 12.6. The molecule has 0 radical (unpaired) electrons. The Morgan fingerprint density at radius 1 is 1.27 bits per heavy atom. The molecule has 3 aromatic rings. The van der Waals surface area contributed by atoms with Crippen LogP contribution in [0.2, 0.25) is 0 Å². The number of hydrogen-bond acceptors (Lipinski definition) is 5. The Morgan fingerprint density at radius 3 is 2.73 bits per heavy atom. The average molecular weight is 355 g/mol. The topological polar surface area (TPSA) is 65.2 Å². The number of rotatable bonds is 5. The number of hydrogen-bond donors (Lipinski definition) is 0. The van der Waals surface area contributed by atoms with Crippen molar-refractivity contribution in [2.45, 2.75) is 12.6 Å². The molecule has 2 aromatic heterocycles. The third-order valence-electron chi connectivity index (χ3n) is 4.27. The van der Waals surface area contributed by atoms with Crippen molar-refractivity contribution in [2.24, 2.45) is 7.05 Å². The van der Waals surface area contributed by atoms with E-state index in [9.17, 15) is 9.18 Å². The Bertz CT molecular complexity index is 912. The van der Waals surface area contributed by atoms with Crippen LogP contribution in [-0.4, -0.2) is 49.4 Å². The molecule has 0 bridgehead atoms. The minimum Gasteiger partial charge on any atom is -0.455 e. The zero-order valence-electron chi connectivity index (χ0n) is 14.2. The number of aromatic nitrogens is 4. The van der Waals surface area contributed by atoms with Gasteiger partial charge in [-0.05, 0) is 17.7 Å². The standard InChI is InChI=1S/C18H18FN5O2/c1-22-7-6-17(21-22)24-11-16(20-12-24)18(25)26-15-9-23(10-15)8-13-2-4-14(19)5-3-13/h2-7,11-12,15H,8-10H2,1H3. The maximum Gasteiger partial charge on any atom is 0.358 e. The normalized spacial score (nSPS) is 15.0. The molecule has 1 aliphatic heterocycles. The summed E-state index contributed by atoms with van der Waals surface area (Å²) in [5, 5.41) is 4.25. The zero-order chi connectivity index (χ0) is 18.1. The van der Waals surface area contributed by atoms with Crippen LogP contribution in [0.25, 0.3) is 5.82 Å². The molecular formula is C18H18FN5O2. The molecule has 134 valence electrons. The highest BCUT2D eigenvalue weighted by Gasteiger charge is 2.30. The number of halogens is 1. The van der Waals surface area contributed by atoms with Gasteiger partial charge >= 0.3 is 5.97 Å². The number of imidazole rings is 1. The summed E-state index contributed by atoms with van der Waals surface area (Å²) in [6.45, 7) is 2.02. The van der Waals surface area contributed by atoms with Crippen molar-refractivity contribution in [1.82, 2.24) is 24.2 Å². The van der Waals surface area contributed by atoms with E-state index >= 15 is 0 Å². The third kappa shape index (κ3) is 3.50. The molecule has 3 heterocycles. The zero-order valence-corrected chi connectivity index (χ0v) is 14.2. The molecule has 8 heteroatoms. The molecule has 1 saturated heterocycles. The molecule has 1 fully saturated rings. The molecule has 0 unspecified atom stereocenters. The second kappa shape index (κ2) is 6.72.